The highest BCUT2D eigenvalue weighted by atomic mass is 79.9. The maximum atomic E-state index is 6.10. The van der Waals surface area contributed by atoms with E-state index in [9.17, 15) is 0 Å². The van der Waals surface area contributed by atoms with Crippen LogP contribution in [0.25, 0.3) is 0 Å². The Balaban J connectivity index is 2.00. The highest BCUT2D eigenvalue weighted by Gasteiger charge is 2.25. The number of ether oxygens (including phenoxy) is 1. The topological polar surface area (TPSA) is 38.5 Å². The molecule has 1 aliphatic heterocycles. The maximum absolute atomic E-state index is 6.10. The van der Waals surface area contributed by atoms with Crippen LogP contribution < -0.4 is 15.4 Å². The molecule has 2 heterocycles. The zero-order valence-corrected chi connectivity index (χ0v) is 15.4. The van der Waals surface area contributed by atoms with Crippen LogP contribution >= 0.6 is 43.2 Å². The molecule has 21 heavy (non-hydrogen) atoms. The number of halogens is 2. The van der Waals surface area contributed by atoms with E-state index in [0.29, 0.717) is 6.54 Å². The minimum atomic E-state index is 0.167. The van der Waals surface area contributed by atoms with E-state index in [4.69, 9.17) is 10.5 Å². The molecule has 0 saturated heterocycles. The number of anilines is 1. The molecule has 0 fully saturated rings. The lowest BCUT2D eigenvalue weighted by Gasteiger charge is -2.31. The molecule has 0 spiro atoms. The third-order valence-electron chi connectivity index (χ3n) is 3.57. The van der Waals surface area contributed by atoms with E-state index < -0.39 is 0 Å². The second-order valence-electron chi connectivity index (χ2n) is 4.89. The van der Waals surface area contributed by atoms with Crippen molar-refractivity contribution in [1.82, 2.24) is 0 Å². The summed E-state index contributed by atoms with van der Waals surface area (Å²) in [5.74, 6) is 0.947. The van der Waals surface area contributed by atoms with Crippen LogP contribution in [0.5, 0.6) is 5.75 Å². The van der Waals surface area contributed by atoms with Crippen LogP contribution in [-0.4, -0.2) is 19.7 Å². The molecule has 0 aliphatic carbocycles. The van der Waals surface area contributed by atoms with Crippen LogP contribution in [0.4, 0.5) is 5.69 Å². The monoisotopic (exact) mass is 430 g/mol. The van der Waals surface area contributed by atoms with Crippen molar-refractivity contribution in [3.63, 3.8) is 0 Å². The lowest BCUT2D eigenvalue weighted by Crippen LogP contribution is -2.33. The summed E-state index contributed by atoms with van der Waals surface area (Å²) in [5.41, 5.74) is 7.23. The molecular formula is C15H16Br2N2OS. The van der Waals surface area contributed by atoms with Gasteiger partial charge in [0.25, 0.3) is 0 Å². The number of rotatable bonds is 3. The van der Waals surface area contributed by atoms with Crippen molar-refractivity contribution in [3.05, 3.63) is 43.5 Å². The van der Waals surface area contributed by atoms with Gasteiger partial charge in [-0.1, -0.05) is 12.1 Å². The first-order valence-electron chi connectivity index (χ1n) is 6.84. The van der Waals surface area contributed by atoms with Crippen molar-refractivity contribution in [2.75, 3.05) is 24.6 Å². The Morgan fingerprint density at radius 3 is 2.86 bits per heavy atom. The molecule has 1 aromatic carbocycles. The zero-order valence-electron chi connectivity index (χ0n) is 11.4. The molecular weight excluding hydrogens is 416 g/mol. The predicted octanol–water partition coefficient (Wildman–Crippen LogP) is 4.56. The molecule has 0 amide bonds. The van der Waals surface area contributed by atoms with Gasteiger partial charge < -0.3 is 15.4 Å². The summed E-state index contributed by atoms with van der Waals surface area (Å²) in [6.45, 7) is 2.28. The third kappa shape index (κ3) is 3.13. The van der Waals surface area contributed by atoms with Crippen LogP contribution in [0.2, 0.25) is 0 Å². The SMILES string of the molecule is NCC(c1cc(Br)c(Br)s1)N1CCCOc2ccccc21. The number of nitrogens with two attached hydrogens (primary N) is 1. The average Bonchev–Trinajstić information content (AvgIpc) is 2.71. The molecule has 3 rings (SSSR count). The Labute approximate surface area is 145 Å². The van der Waals surface area contributed by atoms with Crippen LogP contribution in [0.1, 0.15) is 17.3 Å². The largest absolute Gasteiger partial charge is 0.491 e. The second kappa shape index (κ2) is 6.69. The lowest BCUT2D eigenvalue weighted by atomic mass is 10.1. The van der Waals surface area contributed by atoms with Crippen molar-refractivity contribution in [2.24, 2.45) is 5.73 Å². The first-order valence-corrected chi connectivity index (χ1v) is 9.24. The van der Waals surface area contributed by atoms with Gasteiger partial charge in [-0.2, -0.15) is 0 Å². The van der Waals surface area contributed by atoms with E-state index in [1.807, 2.05) is 18.2 Å². The van der Waals surface area contributed by atoms with Gasteiger partial charge in [-0.3, -0.25) is 0 Å². The van der Waals surface area contributed by atoms with E-state index in [1.54, 1.807) is 11.3 Å². The summed E-state index contributed by atoms with van der Waals surface area (Å²) in [6, 6.07) is 10.5. The summed E-state index contributed by atoms with van der Waals surface area (Å²) < 4.78 is 8.03. The summed E-state index contributed by atoms with van der Waals surface area (Å²) in [6.07, 6.45) is 0.999. The molecule has 1 aromatic heterocycles. The smallest absolute Gasteiger partial charge is 0.142 e. The number of fused-ring (bicyclic) bond motifs is 1. The number of nitrogens with zero attached hydrogens (tertiary/aromatic N) is 1. The Morgan fingerprint density at radius 2 is 2.14 bits per heavy atom. The van der Waals surface area contributed by atoms with Crippen molar-refractivity contribution in [3.8, 4) is 5.75 Å². The van der Waals surface area contributed by atoms with Gasteiger partial charge in [0.2, 0.25) is 0 Å². The van der Waals surface area contributed by atoms with Gasteiger partial charge in [-0.15, -0.1) is 11.3 Å². The van der Waals surface area contributed by atoms with Gasteiger partial charge in [0.15, 0.2) is 0 Å². The summed E-state index contributed by atoms with van der Waals surface area (Å²) in [5, 5.41) is 0. The van der Waals surface area contributed by atoms with Crippen LogP contribution in [0.15, 0.2) is 38.6 Å². The minimum absolute atomic E-state index is 0.167. The Bertz CT molecular complexity index is 612. The summed E-state index contributed by atoms with van der Waals surface area (Å²) >= 11 is 8.87. The van der Waals surface area contributed by atoms with Crippen LogP contribution in [0.3, 0.4) is 0 Å². The molecule has 0 radical (unpaired) electrons. The van der Waals surface area contributed by atoms with Gasteiger partial charge in [-0.05, 0) is 56.5 Å². The first-order chi connectivity index (χ1) is 10.2. The summed E-state index contributed by atoms with van der Waals surface area (Å²) in [4.78, 5) is 3.63. The third-order valence-corrected chi connectivity index (χ3v) is 6.93. The zero-order chi connectivity index (χ0) is 14.8. The maximum Gasteiger partial charge on any atom is 0.142 e. The fourth-order valence-electron chi connectivity index (χ4n) is 2.60. The van der Waals surface area contributed by atoms with E-state index >= 15 is 0 Å². The highest BCUT2D eigenvalue weighted by molar-refractivity contribution is 9.13. The van der Waals surface area contributed by atoms with Crippen LogP contribution in [0, 0.1) is 0 Å². The molecule has 112 valence electrons. The molecule has 0 bridgehead atoms. The van der Waals surface area contributed by atoms with Crippen LogP contribution in [-0.2, 0) is 0 Å². The van der Waals surface area contributed by atoms with E-state index in [1.165, 1.54) is 4.88 Å². The fraction of sp³-hybridized carbons (Fsp3) is 0.333. The number of hydrogen-bond acceptors (Lipinski definition) is 4. The van der Waals surface area contributed by atoms with Crippen molar-refractivity contribution in [2.45, 2.75) is 12.5 Å². The summed E-state index contributed by atoms with van der Waals surface area (Å²) in [7, 11) is 0. The average molecular weight is 432 g/mol. The first kappa shape index (κ1) is 15.3. The predicted molar refractivity (Wildman–Crippen MR) is 95.4 cm³/mol. The van der Waals surface area contributed by atoms with Crippen molar-refractivity contribution in [1.29, 1.82) is 0 Å². The number of para-hydroxylation sites is 2. The Morgan fingerprint density at radius 1 is 1.33 bits per heavy atom. The number of benzene rings is 1. The minimum Gasteiger partial charge on any atom is -0.491 e. The number of hydrogen-bond donors (Lipinski definition) is 1. The van der Waals surface area contributed by atoms with Crippen molar-refractivity contribution < 1.29 is 4.74 Å². The molecule has 2 aromatic rings. The molecule has 1 unspecified atom stereocenters. The van der Waals surface area contributed by atoms with Gasteiger partial charge in [0, 0.05) is 22.4 Å². The quantitative estimate of drug-likeness (QED) is 0.773. The van der Waals surface area contributed by atoms with Gasteiger partial charge in [-0.25, -0.2) is 0 Å². The van der Waals surface area contributed by atoms with Crippen molar-refractivity contribution >= 4 is 48.9 Å². The second-order valence-corrected chi connectivity index (χ2v) is 8.14. The van der Waals surface area contributed by atoms with E-state index in [-0.39, 0.29) is 6.04 Å². The Hall–Kier alpha value is -0.560. The molecule has 1 aliphatic rings. The molecule has 6 heteroatoms. The molecule has 3 nitrogen and oxygen atoms in total. The van der Waals surface area contributed by atoms with Gasteiger partial charge in [0.1, 0.15) is 5.75 Å². The molecule has 1 atom stereocenters. The Kier molecular flexibility index (Phi) is 4.88. The van der Waals surface area contributed by atoms with Gasteiger partial charge in [0.05, 0.1) is 22.1 Å². The molecule has 0 saturated carbocycles. The normalized spacial score (nSPS) is 16.0. The highest BCUT2D eigenvalue weighted by Crippen LogP contribution is 2.41. The van der Waals surface area contributed by atoms with Gasteiger partial charge >= 0.3 is 0 Å². The molecule has 2 N–H and O–H groups in total. The lowest BCUT2D eigenvalue weighted by molar-refractivity contribution is 0.322. The standard InChI is InChI=1S/C15H16Br2N2OS/c16-10-8-14(21-15(10)17)12(9-18)19-6-3-7-20-13-5-2-1-4-11(13)19/h1-2,4-5,8,12H,3,6-7,9,18H2. The number of thiophene rings is 1. The fourth-order valence-corrected chi connectivity index (χ4v) is 4.82. The van der Waals surface area contributed by atoms with E-state index in [2.05, 4.69) is 48.9 Å². The van der Waals surface area contributed by atoms with E-state index in [0.717, 1.165) is 39.3 Å².